The molecule has 2 fully saturated rings. The average Bonchev–Trinajstić information content (AvgIpc) is 3.22. The van der Waals surface area contributed by atoms with Crippen molar-refractivity contribution in [2.24, 2.45) is 11.8 Å². The first-order chi connectivity index (χ1) is 10.5. The van der Waals surface area contributed by atoms with Crippen LogP contribution >= 0.6 is 0 Å². The Kier molecular flexibility index (Phi) is 3.94. The number of nitrogens with zero attached hydrogens (tertiary/aromatic N) is 1. The molecule has 1 aliphatic carbocycles. The SMILES string of the molecule is CC(C)(NC(=O)[C@H]1CC(=O)N(CC2CC2)C1)c1ccccc1. The van der Waals surface area contributed by atoms with Gasteiger partial charge in [-0.2, -0.15) is 0 Å². The minimum atomic E-state index is -0.425. The molecule has 2 aliphatic rings. The lowest BCUT2D eigenvalue weighted by atomic mass is 9.93. The van der Waals surface area contributed by atoms with E-state index in [1.807, 2.05) is 49.1 Å². The fraction of sp³-hybridized carbons (Fsp3) is 0.556. The van der Waals surface area contributed by atoms with Gasteiger partial charge in [-0.05, 0) is 38.2 Å². The molecule has 1 aliphatic heterocycles. The Bertz CT molecular complexity index is 564. The number of rotatable bonds is 5. The second kappa shape index (κ2) is 5.75. The summed E-state index contributed by atoms with van der Waals surface area (Å²) in [4.78, 5) is 26.4. The maximum Gasteiger partial charge on any atom is 0.226 e. The summed E-state index contributed by atoms with van der Waals surface area (Å²) in [7, 11) is 0. The van der Waals surface area contributed by atoms with Gasteiger partial charge in [0.25, 0.3) is 0 Å². The van der Waals surface area contributed by atoms with Crippen LogP contribution in [0.25, 0.3) is 0 Å². The van der Waals surface area contributed by atoms with Gasteiger partial charge in [0.05, 0.1) is 11.5 Å². The molecule has 1 saturated carbocycles. The molecule has 3 rings (SSSR count). The number of hydrogen-bond donors (Lipinski definition) is 1. The van der Waals surface area contributed by atoms with E-state index in [-0.39, 0.29) is 17.7 Å². The number of carbonyl (C=O) groups excluding carboxylic acids is 2. The number of benzene rings is 1. The molecular formula is C18H24N2O2. The first kappa shape index (κ1) is 15.1. The fourth-order valence-electron chi connectivity index (χ4n) is 3.07. The predicted octanol–water partition coefficient (Wildman–Crippen LogP) is 2.30. The molecule has 1 saturated heterocycles. The van der Waals surface area contributed by atoms with Crippen LogP contribution in [0, 0.1) is 11.8 Å². The zero-order valence-electron chi connectivity index (χ0n) is 13.3. The second-order valence-corrected chi connectivity index (χ2v) is 7.12. The molecule has 22 heavy (non-hydrogen) atoms. The van der Waals surface area contributed by atoms with E-state index in [1.165, 1.54) is 12.8 Å². The predicted molar refractivity (Wildman–Crippen MR) is 85.0 cm³/mol. The molecule has 0 bridgehead atoms. The lowest BCUT2D eigenvalue weighted by Crippen LogP contribution is -2.44. The molecule has 4 nitrogen and oxygen atoms in total. The van der Waals surface area contributed by atoms with Crippen molar-refractivity contribution in [1.82, 2.24) is 10.2 Å². The highest BCUT2D eigenvalue weighted by molar-refractivity contribution is 5.89. The van der Waals surface area contributed by atoms with Crippen LogP contribution in [0.3, 0.4) is 0 Å². The minimum absolute atomic E-state index is 0.0134. The van der Waals surface area contributed by atoms with Gasteiger partial charge in [0.1, 0.15) is 0 Å². The molecule has 1 atom stereocenters. The summed E-state index contributed by atoms with van der Waals surface area (Å²) in [5, 5.41) is 3.11. The van der Waals surface area contributed by atoms with Crippen molar-refractivity contribution in [1.29, 1.82) is 0 Å². The van der Waals surface area contributed by atoms with E-state index in [4.69, 9.17) is 0 Å². The van der Waals surface area contributed by atoms with Crippen LogP contribution in [0.4, 0.5) is 0 Å². The van der Waals surface area contributed by atoms with Gasteiger partial charge in [-0.1, -0.05) is 30.3 Å². The smallest absolute Gasteiger partial charge is 0.226 e. The van der Waals surface area contributed by atoms with Crippen molar-refractivity contribution in [2.75, 3.05) is 13.1 Å². The van der Waals surface area contributed by atoms with E-state index < -0.39 is 5.54 Å². The number of likely N-dealkylation sites (tertiary alicyclic amines) is 1. The third-order valence-electron chi connectivity index (χ3n) is 4.69. The van der Waals surface area contributed by atoms with Crippen molar-refractivity contribution in [3.8, 4) is 0 Å². The summed E-state index contributed by atoms with van der Waals surface area (Å²) in [6.45, 7) is 5.41. The molecule has 0 unspecified atom stereocenters. The zero-order valence-corrected chi connectivity index (χ0v) is 13.3. The van der Waals surface area contributed by atoms with E-state index in [1.54, 1.807) is 0 Å². The molecular weight excluding hydrogens is 276 g/mol. The maximum absolute atomic E-state index is 12.5. The largest absolute Gasteiger partial charge is 0.347 e. The van der Waals surface area contributed by atoms with Gasteiger partial charge in [-0.25, -0.2) is 0 Å². The Balaban J connectivity index is 1.61. The summed E-state index contributed by atoms with van der Waals surface area (Å²) in [5.74, 6) is 0.575. The molecule has 0 spiro atoms. The van der Waals surface area contributed by atoms with Crippen LogP contribution in [-0.2, 0) is 15.1 Å². The van der Waals surface area contributed by atoms with Crippen molar-refractivity contribution in [3.05, 3.63) is 35.9 Å². The third-order valence-corrected chi connectivity index (χ3v) is 4.69. The second-order valence-electron chi connectivity index (χ2n) is 7.12. The molecule has 0 aromatic heterocycles. The Morgan fingerprint density at radius 1 is 1.27 bits per heavy atom. The standard InChI is InChI=1S/C18H24N2O2/c1-18(2,15-6-4-3-5-7-15)19-17(22)14-10-16(21)20(12-14)11-13-8-9-13/h3-7,13-14H,8-12H2,1-2H3,(H,19,22)/t14-/m0/s1. The number of nitrogens with one attached hydrogen (secondary N) is 1. The topological polar surface area (TPSA) is 49.4 Å². The number of hydrogen-bond acceptors (Lipinski definition) is 2. The highest BCUT2D eigenvalue weighted by Crippen LogP contribution is 2.32. The van der Waals surface area contributed by atoms with Crippen molar-refractivity contribution >= 4 is 11.8 Å². The lowest BCUT2D eigenvalue weighted by Gasteiger charge is -2.28. The van der Waals surface area contributed by atoms with Crippen molar-refractivity contribution in [2.45, 2.75) is 38.6 Å². The summed E-state index contributed by atoms with van der Waals surface area (Å²) >= 11 is 0. The van der Waals surface area contributed by atoms with E-state index in [9.17, 15) is 9.59 Å². The van der Waals surface area contributed by atoms with Crippen LogP contribution in [0.2, 0.25) is 0 Å². The number of amides is 2. The maximum atomic E-state index is 12.5. The molecule has 118 valence electrons. The Morgan fingerprint density at radius 2 is 1.95 bits per heavy atom. The van der Waals surface area contributed by atoms with E-state index in [2.05, 4.69) is 5.32 Å². The Hall–Kier alpha value is -1.84. The van der Waals surface area contributed by atoms with Gasteiger partial charge in [-0.15, -0.1) is 0 Å². The third kappa shape index (κ3) is 3.32. The highest BCUT2D eigenvalue weighted by Gasteiger charge is 2.38. The van der Waals surface area contributed by atoms with Crippen molar-refractivity contribution in [3.63, 3.8) is 0 Å². The Morgan fingerprint density at radius 3 is 2.59 bits per heavy atom. The molecule has 1 N–H and O–H groups in total. The normalized spacial score (nSPS) is 22.0. The van der Waals surface area contributed by atoms with E-state index in [0.29, 0.717) is 18.9 Å². The Labute approximate surface area is 131 Å². The molecule has 4 heteroatoms. The number of carbonyl (C=O) groups is 2. The fourth-order valence-corrected chi connectivity index (χ4v) is 3.07. The van der Waals surface area contributed by atoms with E-state index >= 15 is 0 Å². The van der Waals surface area contributed by atoms with Gasteiger partial charge < -0.3 is 10.2 Å². The molecule has 0 radical (unpaired) electrons. The van der Waals surface area contributed by atoms with Crippen LogP contribution in [-0.4, -0.2) is 29.8 Å². The van der Waals surface area contributed by atoms with Gasteiger partial charge in [0.15, 0.2) is 0 Å². The first-order valence-electron chi connectivity index (χ1n) is 8.11. The van der Waals surface area contributed by atoms with Crippen molar-refractivity contribution < 1.29 is 9.59 Å². The van der Waals surface area contributed by atoms with Gasteiger partial charge in [0.2, 0.25) is 11.8 Å². The van der Waals surface area contributed by atoms with Gasteiger partial charge in [0, 0.05) is 19.5 Å². The summed E-state index contributed by atoms with van der Waals surface area (Å²) in [6, 6.07) is 9.94. The molecule has 2 amide bonds. The van der Waals surface area contributed by atoms with Crippen LogP contribution in [0.15, 0.2) is 30.3 Å². The highest BCUT2D eigenvalue weighted by atomic mass is 16.2. The van der Waals surface area contributed by atoms with Gasteiger partial charge in [-0.3, -0.25) is 9.59 Å². The molecule has 1 heterocycles. The first-order valence-corrected chi connectivity index (χ1v) is 8.11. The lowest BCUT2D eigenvalue weighted by molar-refractivity contribution is -0.129. The zero-order chi connectivity index (χ0) is 15.7. The summed E-state index contributed by atoms with van der Waals surface area (Å²) in [6.07, 6.45) is 2.80. The summed E-state index contributed by atoms with van der Waals surface area (Å²) < 4.78 is 0. The summed E-state index contributed by atoms with van der Waals surface area (Å²) in [5.41, 5.74) is 0.646. The molecule has 1 aromatic rings. The van der Waals surface area contributed by atoms with Crippen LogP contribution < -0.4 is 5.32 Å². The van der Waals surface area contributed by atoms with E-state index in [0.717, 1.165) is 12.1 Å². The molecule has 1 aromatic carbocycles. The monoisotopic (exact) mass is 300 g/mol. The average molecular weight is 300 g/mol. The van der Waals surface area contributed by atoms with Gasteiger partial charge >= 0.3 is 0 Å². The van der Waals surface area contributed by atoms with Crippen LogP contribution in [0.1, 0.15) is 38.7 Å². The van der Waals surface area contributed by atoms with Crippen LogP contribution in [0.5, 0.6) is 0 Å². The quantitative estimate of drug-likeness (QED) is 0.907. The minimum Gasteiger partial charge on any atom is -0.347 e.